The first-order valence-corrected chi connectivity index (χ1v) is 11.7. The molecule has 0 spiro atoms. The van der Waals surface area contributed by atoms with Crippen LogP contribution in [0, 0.1) is 6.92 Å². The van der Waals surface area contributed by atoms with E-state index in [1.807, 2.05) is 54.2 Å². The van der Waals surface area contributed by atoms with E-state index in [-0.39, 0.29) is 29.8 Å². The summed E-state index contributed by atoms with van der Waals surface area (Å²) in [6.07, 6.45) is 2.81. The van der Waals surface area contributed by atoms with Crippen LogP contribution in [0.5, 0.6) is 0 Å². The lowest BCUT2D eigenvalue weighted by atomic mass is 10.2. The predicted molar refractivity (Wildman–Crippen MR) is 117 cm³/mol. The van der Waals surface area contributed by atoms with E-state index in [9.17, 15) is 13.2 Å². The van der Waals surface area contributed by atoms with Crippen molar-refractivity contribution in [1.29, 1.82) is 0 Å². The Hall–Kier alpha value is -3.04. The van der Waals surface area contributed by atoms with Gasteiger partial charge < -0.3 is 4.90 Å². The summed E-state index contributed by atoms with van der Waals surface area (Å²) in [5, 5.41) is 8.49. The lowest BCUT2D eigenvalue weighted by Crippen LogP contribution is -2.33. The number of nitrogens with zero attached hydrogens (tertiary/aromatic N) is 4. The largest absolute Gasteiger partial charge is 0.340 e. The Bertz CT molecular complexity index is 1160. The summed E-state index contributed by atoms with van der Waals surface area (Å²) in [7, 11) is -3.62. The number of carbonyl (C=O) groups excluding carboxylic acids is 1. The molecule has 9 heteroatoms. The third-order valence-electron chi connectivity index (χ3n) is 5.40. The first kappa shape index (κ1) is 21.2. The lowest BCUT2D eigenvalue weighted by Gasteiger charge is -2.16. The van der Waals surface area contributed by atoms with Crippen LogP contribution in [-0.4, -0.2) is 53.9 Å². The van der Waals surface area contributed by atoms with Crippen LogP contribution in [-0.2, 0) is 14.8 Å². The summed E-state index contributed by atoms with van der Waals surface area (Å²) >= 11 is 0. The average molecular weight is 440 g/mol. The molecule has 1 atom stereocenters. The van der Waals surface area contributed by atoms with Gasteiger partial charge in [0.2, 0.25) is 15.9 Å². The number of amides is 1. The molecule has 0 aliphatic carbocycles. The normalized spacial score (nSPS) is 16.5. The SMILES string of the molecule is Cc1cccc(S(=O)(=O)NCCC(=O)N2CC[C@@H](n3cc(-c4ccccc4)nn3)C2)c1. The number of aromatic nitrogens is 3. The number of likely N-dealkylation sites (tertiary alicyclic amines) is 1. The fourth-order valence-corrected chi connectivity index (χ4v) is 4.83. The second-order valence-corrected chi connectivity index (χ2v) is 9.46. The summed E-state index contributed by atoms with van der Waals surface area (Å²) in [4.78, 5) is 14.5. The molecule has 4 rings (SSSR count). The molecule has 8 nitrogen and oxygen atoms in total. The van der Waals surface area contributed by atoms with Gasteiger partial charge in [-0.3, -0.25) is 4.79 Å². The van der Waals surface area contributed by atoms with Crippen LogP contribution in [0.15, 0.2) is 65.7 Å². The summed E-state index contributed by atoms with van der Waals surface area (Å²) in [5.74, 6) is -0.0714. The number of sulfonamides is 1. The maximum absolute atomic E-state index is 12.6. The lowest BCUT2D eigenvalue weighted by molar-refractivity contribution is -0.130. The molecule has 1 fully saturated rings. The van der Waals surface area contributed by atoms with Crippen molar-refractivity contribution < 1.29 is 13.2 Å². The van der Waals surface area contributed by atoms with E-state index in [4.69, 9.17) is 0 Å². The fourth-order valence-electron chi connectivity index (χ4n) is 3.70. The van der Waals surface area contributed by atoms with Gasteiger partial charge in [0.25, 0.3) is 0 Å². The van der Waals surface area contributed by atoms with E-state index < -0.39 is 10.0 Å². The van der Waals surface area contributed by atoms with E-state index in [0.29, 0.717) is 13.1 Å². The molecule has 0 unspecified atom stereocenters. The van der Waals surface area contributed by atoms with Gasteiger partial charge in [0, 0.05) is 31.6 Å². The maximum atomic E-state index is 12.6. The zero-order valence-corrected chi connectivity index (χ0v) is 18.1. The van der Waals surface area contributed by atoms with Crippen LogP contribution < -0.4 is 4.72 Å². The minimum Gasteiger partial charge on any atom is -0.340 e. The van der Waals surface area contributed by atoms with E-state index in [2.05, 4.69) is 15.0 Å². The molecule has 0 radical (unpaired) electrons. The molecule has 31 heavy (non-hydrogen) atoms. The quantitative estimate of drug-likeness (QED) is 0.610. The highest BCUT2D eigenvalue weighted by molar-refractivity contribution is 7.89. The monoisotopic (exact) mass is 439 g/mol. The molecule has 1 aromatic heterocycles. The zero-order valence-electron chi connectivity index (χ0n) is 17.3. The van der Waals surface area contributed by atoms with Crippen molar-refractivity contribution in [3.63, 3.8) is 0 Å². The summed E-state index contributed by atoms with van der Waals surface area (Å²) < 4.78 is 29.1. The Morgan fingerprint density at radius 3 is 2.74 bits per heavy atom. The van der Waals surface area contributed by atoms with Gasteiger partial charge in [0.15, 0.2) is 0 Å². The highest BCUT2D eigenvalue weighted by Gasteiger charge is 2.28. The first-order valence-electron chi connectivity index (χ1n) is 10.2. The van der Waals surface area contributed by atoms with Crippen LogP contribution in [0.3, 0.4) is 0 Å². The molecule has 2 heterocycles. The predicted octanol–water partition coefficient (Wildman–Crippen LogP) is 2.40. The van der Waals surface area contributed by atoms with Crippen molar-refractivity contribution in [3.05, 3.63) is 66.4 Å². The molecule has 1 N–H and O–H groups in total. The second-order valence-electron chi connectivity index (χ2n) is 7.70. The third kappa shape index (κ3) is 5.00. The van der Waals surface area contributed by atoms with E-state index >= 15 is 0 Å². The van der Waals surface area contributed by atoms with Crippen LogP contribution in [0.1, 0.15) is 24.4 Å². The van der Waals surface area contributed by atoms with Crippen LogP contribution in [0.25, 0.3) is 11.3 Å². The molecule has 0 saturated carbocycles. The van der Waals surface area contributed by atoms with Gasteiger partial charge in [-0.1, -0.05) is 47.7 Å². The van der Waals surface area contributed by atoms with Crippen molar-refractivity contribution in [3.8, 4) is 11.3 Å². The Kier molecular flexibility index (Phi) is 6.15. The fraction of sp³-hybridized carbons (Fsp3) is 0.318. The Balaban J connectivity index is 1.30. The van der Waals surface area contributed by atoms with Gasteiger partial charge >= 0.3 is 0 Å². The maximum Gasteiger partial charge on any atom is 0.240 e. The molecule has 3 aromatic rings. The highest BCUT2D eigenvalue weighted by Crippen LogP contribution is 2.24. The van der Waals surface area contributed by atoms with Crippen molar-refractivity contribution in [2.24, 2.45) is 0 Å². The Morgan fingerprint density at radius 2 is 1.97 bits per heavy atom. The van der Waals surface area contributed by atoms with Crippen molar-refractivity contribution >= 4 is 15.9 Å². The number of aryl methyl sites for hydroxylation is 1. The standard InChI is InChI=1S/C22H25N5O3S/c1-17-6-5-9-20(14-17)31(29,30)23-12-10-22(28)26-13-11-19(15-26)27-16-21(24-25-27)18-7-3-2-4-8-18/h2-9,14,16,19,23H,10-13,15H2,1H3/t19-/m1/s1. The van der Waals surface area contributed by atoms with E-state index in [1.54, 1.807) is 23.1 Å². The summed E-state index contributed by atoms with van der Waals surface area (Å²) in [5.41, 5.74) is 2.67. The Labute approximate surface area is 181 Å². The molecular formula is C22H25N5O3S. The second kappa shape index (κ2) is 8.99. The number of hydrogen-bond donors (Lipinski definition) is 1. The molecule has 162 valence electrons. The van der Waals surface area contributed by atoms with Crippen molar-refractivity contribution in [2.75, 3.05) is 19.6 Å². The average Bonchev–Trinajstić information content (AvgIpc) is 3.44. The van der Waals surface area contributed by atoms with E-state index in [1.165, 1.54) is 0 Å². The number of carbonyl (C=O) groups is 1. The molecule has 1 aliphatic heterocycles. The minimum absolute atomic E-state index is 0.0672. The number of hydrogen-bond acceptors (Lipinski definition) is 5. The van der Waals surface area contributed by atoms with Gasteiger partial charge in [-0.2, -0.15) is 0 Å². The van der Waals surface area contributed by atoms with Crippen LogP contribution >= 0.6 is 0 Å². The van der Waals surface area contributed by atoms with Crippen molar-refractivity contribution in [1.82, 2.24) is 24.6 Å². The highest BCUT2D eigenvalue weighted by atomic mass is 32.2. The molecule has 1 amide bonds. The molecule has 0 bridgehead atoms. The van der Waals surface area contributed by atoms with Gasteiger partial charge in [-0.05, 0) is 31.0 Å². The van der Waals surface area contributed by atoms with Gasteiger partial charge in [-0.15, -0.1) is 5.10 Å². The number of benzene rings is 2. The third-order valence-corrected chi connectivity index (χ3v) is 6.86. The van der Waals surface area contributed by atoms with Crippen LogP contribution in [0.4, 0.5) is 0 Å². The van der Waals surface area contributed by atoms with Crippen molar-refractivity contribution in [2.45, 2.75) is 30.7 Å². The summed E-state index contributed by atoms with van der Waals surface area (Å²) in [6, 6.07) is 16.6. The summed E-state index contributed by atoms with van der Waals surface area (Å²) in [6.45, 7) is 3.07. The van der Waals surface area contributed by atoms with Gasteiger partial charge in [0.05, 0.1) is 17.1 Å². The number of nitrogens with one attached hydrogen (secondary N) is 1. The Morgan fingerprint density at radius 1 is 1.16 bits per heavy atom. The molecular weight excluding hydrogens is 414 g/mol. The smallest absolute Gasteiger partial charge is 0.240 e. The minimum atomic E-state index is -3.62. The molecule has 2 aromatic carbocycles. The van der Waals surface area contributed by atoms with Crippen LogP contribution in [0.2, 0.25) is 0 Å². The van der Waals surface area contributed by atoms with E-state index in [0.717, 1.165) is 23.2 Å². The first-order chi connectivity index (χ1) is 14.9. The zero-order chi connectivity index (χ0) is 21.8. The molecule has 1 aliphatic rings. The van der Waals surface area contributed by atoms with Gasteiger partial charge in [0.1, 0.15) is 5.69 Å². The number of rotatable bonds is 7. The molecule has 1 saturated heterocycles. The van der Waals surface area contributed by atoms with Gasteiger partial charge in [-0.25, -0.2) is 17.8 Å². The topological polar surface area (TPSA) is 97.2 Å².